The van der Waals surface area contributed by atoms with Crippen molar-refractivity contribution in [3.05, 3.63) is 0 Å². The Hall–Kier alpha value is -0.150. The minimum atomic E-state index is -1.07. The summed E-state index contributed by atoms with van der Waals surface area (Å²) in [6.45, 7) is 1.68. The molecule has 3 heteroatoms. The number of alkyl halides is 1. The molecule has 0 amide bonds. The zero-order valence-corrected chi connectivity index (χ0v) is 6.72. The van der Waals surface area contributed by atoms with Gasteiger partial charge in [-0.3, -0.25) is 4.90 Å². The first-order valence-electron chi connectivity index (χ1n) is 4.37. The van der Waals surface area contributed by atoms with Crippen LogP contribution < -0.4 is 5.73 Å². The molecule has 1 saturated carbocycles. The van der Waals surface area contributed by atoms with Gasteiger partial charge in [0.15, 0.2) is 0 Å². The van der Waals surface area contributed by atoms with E-state index in [2.05, 4.69) is 4.90 Å². The van der Waals surface area contributed by atoms with Crippen molar-refractivity contribution in [2.24, 2.45) is 5.73 Å². The first kappa shape index (κ1) is 7.50. The third-order valence-corrected chi connectivity index (χ3v) is 2.76. The fourth-order valence-corrected chi connectivity index (χ4v) is 1.78. The van der Waals surface area contributed by atoms with Gasteiger partial charge in [-0.25, -0.2) is 4.39 Å². The van der Waals surface area contributed by atoms with Crippen molar-refractivity contribution < 1.29 is 4.39 Å². The van der Waals surface area contributed by atoms with Gasteiger partial charge in [0.05, 0.1) is 0 Å². The Bertz CT molecular complexity index is 158. The average molecular weight is 158 g/mol. The molecule has 0 aromatic heterocycles. The number of rotatable bonds is 2. The molecule has 0 aromatic carbocycles. The maximum absolute atomic E-state index is 13.5. The molecule has 0 bridgehead atoms. The normalized spacial score (nSPS) is 39.8. The lowest BCUT2D eigenvalue weighted by atomic mass is 10.1. The van der Waals surface area contributed by atoms with Crippen molar-refractivity contribution in [3.8, 4) is 0 Å². The Morgan fingerprint density at radius 2 is 2.27 bits per heavy atom. The molecule has 1 atom stereocenters. The van der Waals surface area contributed by atoms with E-state index in [1.54, 1.807) is 0 Å². The molecule has 2 rings (SSSR count). The van der Waals surface area contributed by atoms with E-state index < -0.39 is 5.67 Å². The van der Waals surface area contributed by atoms with Gasteiger partial charge in [-0.05, 0) is 19.3 Å². The van der Waals surface area contributed by atoms with Crippen molar-refractivity contribution in [2.45, 2.75) is 31.0 Å². The van der Waals surface area contributed by atoms with E-state index >= 15 is 0 Å². The zero-order chi connectivity index (χ0) is 7.90. The Labute approximate surface area is 66.5 Å². The van der Waals surface area contributed by atoms with Crippen LogP contribution in [-0.2, 0) is 0 Å². The number of nitrogens with two attached hydrogens (primary N) is 1. The van der Waals surface area contributed by atoms with Crippen LogP contribution in [0.4, 0.5) is 4.39 Å². The molecule has 1 heterocycles. The molecule has 2 nitrogen and oxygen atoms in total. The second-order valence-corrected chi connectivity index (χ2v) is 3.81. The summed E-state index contributed by atoms with van der Waals surface area (Å²) < 4.78 is 13.5. The van der Waals surface area contributed by atoms with Crippen LogP contribution in [0.3, 0.4) is 0 Å². The molecule has 2 N–H and O–H groups in total. The van der Waals surface area contributed by atoms with Crippen molar-refractivity contribution in [1.29, 1.82) is 0 Å². The van der Waals surface area contributed by atoms with Gasteiger partial charge in [0.2, 0.25) is 0 Å². The van der Waals surface area contributed by atoms with Gasteiger partial charge < -0.3 is 5.73 Å². The van der Waals surface area contributed by atoms with Gasteiger partial charge in [0.1, 0.15) is 5.67 Å². The lowest BCUT2D eigenvalue weighted by Crippen LogP contribution is -2.36. The zero-order valence-electron chi connectivity index (χ0n) is 6.72. The van der Waals surface area contributed by atoms with Crippen LogP contribution in [0.25, 0.3) is 0 Å². The molecular formula is C8H15FN2. The highest BCUT2D eigenvalue weighted by molar-refractivity contribution is 4.97. The third kappa shape index (κ3) is 1.40. The summed E-state index contributed by atoms with van der Waals surface area (Å²) in [7, 11) is 0. The highest BCUT2D eigenvalue weighted by Crippen LogP contribution is 2.34. The quantitative estimate of drug-likeness (QED) is 0.635. The SMILES string of the molecule is NCC1(F)CCN(C2CC2)C1. The Kier molecular flexibility index (Phi) is 1.65. The molecule has 64 valence electrons. The fraction of sp³-hybridized carbons (Fsp3) is 1.00. The second-order valence-electron chi connectivity index (χ2n) is 3.81. The smallest absolute Gasteiger partial charge is 0.137 e. The summed E-state index contributed by atoms with van der Waals surface area (Å²) in [5, 5.41) is 0. The van der Waals surface area contributed by atoms with E-state index in [1.165, 1.54) is 12.8 Å². The molecular weight excluding hydrogens is 143 g/mol. The topological polar surface area (TPSA) is 29.3 Å². The minimum absolute atomic E-state index is 0.191. The predicted molar refractivity (Wildman–Crippen MR) is 42.1 cm³/mol. The molecule has 1 aliphatic carbocycles. The molecule has 11 heavy (non-hydrogen) atoms. The summed E-state index contributed by atoms with van der Waals surface area (Å²) in [6, 6.07) is 0.694. The van der Waals surface area contributed by atoms with Gasteiger partial charge in [0, 0.05) is 25.7 Å². The molecule has 1 aliphatic heterocycles. The molecule has 0 radical (unpaired) electrons. The molecule has 2 aliphatic rings. The van der Waals surface area contributed by atoms with Crippen molar-refractivity contribution in [2.75, 3.05) is 19.6 Å². The Morgan fingerprint density at radius 3 is 2.73 bits per heavy atom. The largest absolute Gasteiger partial charge is 0.327 e. The van der Waals surface area contributed by atoms with Gasteiger partial charge in [0.25, 0.3) is 0 Å². The van der Waals surface area contributed by atoms with E-state index in [0.29, 0.717) is 19.0 Å². The maximum atomic E-state index is 13.5. The van der Waals surface area contributed by atoms with Crippen molar-refractivity contribution >= 4 is 0 Å². The number of likely N-dealkylation sites (tertiary alicyclic amines) is 1. The summed E-state index contributed by atoms with van der Waals surface area (Å²) >= 11 is 0. The lowest BCUT2D eigenvalue weighted by Gasteiger charge is -2.18. The molecule has 2 fully saturated rings. The van der Waals surface area contributed by atoms with E-state index in [4.69, 9.17) is 5.73 Å². The maximum Gasteiger partial charge on any atom is 0.137 e. The van der Waals surface area contributed by atoms with E-state index in [1.807, 2.05) is 0 Å². The number of hydrogen-bond donors (Lipinski definition) is 1. The summed E-state index contributed by atoms with van der Waals surface area (Å²) in [6.07, 6.45) is 3.17. The van der Waals surface area contributed by atoms with Gasteiger partial charge in [-0.15, -0.1) is 0 Å². The van der Waals surface area contributed by atoms with Crippen LogP contribution in [0, 0.1) is 0 Å². The van der Waals surface area contributed by atoms with Crippen LogP contribution in [0.2, 0.25) is 0 Å². The summed E-state index contributed by atoms with van der Waals surface area (Å²) in [5.74, 6) is 0. The summed E-state index contributed by atoms with van der Waals surface area (Å²) in [5.41, 5.74) is 4.28. The second kappa shape index (κ2) is 2.42. The molecule has 0 aromatic rings. The van der Waals surface area contributed by atoms with Crippen LogP contribution in [-0.4, -0.2) is 36.2 Å². The fourth-order valence-electron chi connectivity index (χ4n) is 1.78. The van der Waals surface area contributed by atoms with Gasteiger partial charge in [-0.1, -0.05) is 0 Å². The number of hydrogen-bond acceptors (Lipinski definition) is 2. The molecule has 0 spiro atoms. The Balaban J connectivity index is 1.91. The predicted octanol–water partition coefficient (Wildman–Crippen LogP) is 0.521. The van der Waals surface area contributed by atoms with Crippen LogP contribution in [0.1, 0.15) is 19.3 Å². The van der Waals surface area contributed by atoms with Gasteiger partial charge in [-0.2, -0.15) is 0 Å². The summed E-state index contributed by atoms with van der Waals surface area (Å²) in [4.78, 5) is 2.24. The number of nitrogens with zero attached hydrogens (tertiary/aromatic N) is 1. The van der Waals surface area contributed by atoms with Crippen LogP contribution in [0.15, 0.2) is 0 Å². The first-order chi connectivity index (χ1) is 5.23. The highest BCUT2D eigenvalue weighted by atomic mass is 19.1. The minimum Gasteiger partial charge on any atom is -0.327 e. The number of halogens is 1. The lowest BCUT2D eigenvalue weighted by molar-refractivity contribution is 0.172. The van der Waals surface area contributed by atoms with Crippen molar-refractivity contribution in [3.63, 3.8) is 0 Å². The molecule has 1 unspecified atom stereocenters. The first-order valence-corrected chi connectivity index (χ1v) is 4.37. The van der Waals surface area contributed by atoms with E-state index in [-0.39, 0.29) is 6.54 Å². The third-order valence-electron chi connectivity index (χ3n) is 2.76. The highest BCUT2D eigenvalue weighted by Gasteiger charge is 2.42. The Morgan fingerprint density at radius 1 is 1.55 bits per heavy atom. The monoisotopic (exact) mass is 158 g/mol. The van der Waals surface area contributed by atoms with Gasteiger partial charge >= 0.3 is 0 Å². The van der Waals surface area contributed by atoms with Crippen LogP contribution in [0.5, 0.6) is 0 Å². The van der Waals surface area contributed by atoms with Crippen molar-refractivity contribution in [1.82, 2.24) is 4.90 Å². The standard InChI is InChI=1S/C8H15FN2/c9-8(5-10)3-4-11(6-8)7-1-2-7/h7H,1-6,10H2. The average Bonchev–Trinajstić information content (AvgIpc) is 2.77. The van der Waals surface area contributed by atoms with E-state index in [0.717, 1.165) is 6.54 Å². The molecule has 1 saturated heterocycles. The van der Waals surface area contributed by atoms with Crippen LogP contribution >= 0.6 is 0 Å². The van der Waals surface area contributed by atoms with E-state index in [9.17, 15) is 4.39 Å².